The van der Waals surface area contributed by atoms with Gasteiger partial charge in [-0.05, 0) is 42.5 Å². The van der Waals surface area contributed by atoms with Crippen LogP contribution in [0.3, 0.4) is 0 Å². The minimum Gasteiger partial charge on any atom is -0.491 e. The standard InChI is InChI=1S/C17H15Cl2N3O2S/c18-12-4-6-16(7-5-12)24-9-15(23)10-25-17-21-20-11-22(17)14-3-1-2-13(19)8-14/h1-8,11,15,23H,9-10H2/t15-/m1/s1. The highest BCUT2D eigenvalue weighted by Crippen LogP contribution is 2.22. The van der Waals surface area contributed by atoms with E-state index in [0.29, 0.717) is 26.7 Å². The van der Waals surface area contributed by atoms with Gasteiger partial charge in [-0.3, -0.25) is 4.57 Å². The van der Waals surface area contributed by atoms with Crippen molar-refractivity contribution >= 4 is 35.0 Å². The van der Waals surface area contributed by atoms with Gasteiger partial charge in [-0.2, -0.15) is 0 Å². The highest BCUT2D eigenvalue weighted by atomic mass is 35.5. The Morgan fingerprint density at radius 3 is 2.68 bits per heavy atom. The zero-order valence-corrected chi connectivity index (χ0v) is 15.4. The number of aliphatic hydroxyl groups excluding tert-OH is 1. The number of hydrogen-bond donors (Lipinski definition) is 1. The molecule has 3 aromatic rings. The van der Waals surface area contributed by atoms with Crippen molar-refractivity contribution < 1.29 is 9.84 Å². The van der Waals surface area contributed by atoms with Gasteiger partial charge in [0.15, 0.2) is 5.16 Å². The lowest BCUT2D eigenvalue weighted by molar-refractivity contribution is 0.126. The number of thioether (sulfide) groups is 1. The maximum absolute atomic E-state index is 10.1. The summed E-state index contributed by atoms with van der Waals surface area (Å²) in [6, 6.07) is 14.4. The van der Waals surface area contributed by atoms with Crippen LogP contribution in [0.2, 0.25) is 10.0 Å². The molecule has 5 nitrogen and oxygen atoms in total. The van der Waals surface area contributed by atoms with E-state index in [0.717, 1.165) is 5.69 Å². The average Bonchev–Trinajstić information content (AvgIpc) is 3.08. The van der Waals surface area contributed by atoms with Gasteiger partial charge in [0.25, 0.3) is 0 Å². The number of aliphatic hydroxyl groups is 1. The smallest absolute Gasteiger partial charge is 0.195 e. The zero-order valence-electron chi connectivity index (χ0n) is 13.0. The van der Waals surface area contributed by atoms with Crippen molar-refractivity contribution in [2.24, 2.45) is 0 Å². The Hall–Kier alpha value is -1.73. The summed E-state index contributed by atoms with van der Waals surface area (Å²) in [5.74, 6) is 1.09. The summed E-state index contributed by atoms with van der Waals surface area (Å²) in [7, 11) is 0. The third kappa shape index (κ3) is 5.12. The Bertz CT molecular complexity index is 827. The van der Waals surface area contributed by atoms with Crippen LogP contribution < -0.4 is 4.74 Å². The Morgan fingerprint density at radius 2 is 1.92 bits per heavy atom. The van der Waals surface area contributed by atoms with Gasteiger partial charge in [-0.25, -0.2) is 0 Å². The van der Waals surface area contributed by atoms with Crippen LogP contribution in [-0.4, -0.2) is 38.3 Å². The fraction of sp³-hybridized carbons (Fsp3) is 0.176. The molecule has 0 saturated heterocycles. The maximum Gasteiger partial charge on any atom is 0.195 e. The second kappa shape index (κ2) is 8.58. The van der Waals surface area contributed by atoms with E-state index >= 15 is 0 Å². The Balaban J connectivity index is 1.55. The highest BCUT2D eigenvalue weighted by molar-refractivity contribution is 7.99. The molecule has 0 radical (unpaired) electrons. The molecule has 1 heterocycles. The second-order valence-electron chi connectivity index (χ2n) is 5.19. The molecule has 0 saturated carbocycles. The van der Waals surface area contributed by atoms with Gasteiger partial charge in [0.1, 0.15) is 18.7 Å². The summed E-state index contributed by atoms with van der Waals surface area (Å²) in [6.07, 6.45) is 0.968. The van der Waals surface area contributed by atoms with Gasteiger partial charge in [-0.15, -0.1) is 10.2 Å². The van der Waals surface area contributed by atoms with Crippen molar-refractivity contribution in [1.29, 1.82) is 0 Å². The van der Waals surface area contributed by atoms with Crippen LogP contribution in [0, 0.1) is 0 Å². The summed E-state index contributed by atoms with van der Waals surface area (Å²) in [4.78, 5) is 0. The lowest BCUT2D eigenvalue weighted by Crippen LogP contribution is -2.20. The van der Waals surface area contributed by atoms with Gasteiger partial charge < -0.3 is 9.84 Å². The first kappa shape index (κ1) is 18.1. The summed E-state index contributed by atoms with van der Waals surface area (Å²) in [5.41, 5.74) is 0.868. The van der Waals surface area contributed by atoms with Crippen LogP contribution in [0.1, 0.15) is 0 Å². The molecule has 1 aromatic heterocycles. The summed E-state index contributed by atoms with van der Waals surface area (Å²) in [6.45, 7) is 0.180. The van der Waals surface area contributed by atoms with Crippen LogP contribution in [0.4, 0.5) is 0 Å². The lowest BCUT2D eigenvalue weighted by Gasteiger charge is -2.12. The predicted octanol–water partition coefficient (Wildman–Crippen LogP) is 4.11. The minimum absolute atomic E-state index is 0.180. The molecule has 25 heavy (non-hydrogen) atoms. The molecule has 130 valence electrons. The molecular weight excluding hydrogens is 381 g/mol. The van der Waals surface area contributed by atoms with Gasteiger partial charge in [0.05, 0.1) is 11.8 Å². The van der Waals surface area contributed by atoms with Gasteiger partial charge in [0, 0.05) is 15.8 Å². The van der Waals surface area contributed by atoms with E-state index in [1.807, 2.05) is 22.8 Å². The zero-order chi connectivity index (χ0) is 17.6. The molecule has 0 aliphatic carbocycles. The molecule has 1 atom stereocenters. The molecule has 0 fully saturated rings. The largest absolute Gasteiger partial charge is 0.491 e. The van der Waals surface area contributed by atoms with Crippen molar-refractivity contribution in [2.45, 2.75) is 11.3 Å². The number of nitrogens with zero attached hydrogens (tertiary/aromatic N) is 3. The predicted molar refractivity (Wildman–Crippen MR) is 100 cm³/mol. The van der Waals surface area contributed by atoms with Crippen LogP contribution in [0.25, 0.3) is 5.69 Å². The van der Waals surface area contributed by atoms with E-state index < -0.39 is 6.10 Å². The third-order valence-corrected chi connectivity index (χ3v) is 4.84. The Kier molecular flexibility index (Phi) is 6.20. The Labute approximate surface area is 159 Å². The Morgan fingerprint density at radius 1 is 1.12 bits per heavy atom. The molecule has 2 aromatic carbocycles. The molecule has 0 aliphatic rings. The molecule has 1 N–H and O–H groups in total. The van der Waals surface area contributed by atoms with E-state index in [4.69, 9.17) is 27.9 Å². The van der Waals surface area contributed by atoms with Crippen molar-refractivity contribution in [1.82, 2.24) is 14.8 Å². The fourth-order valence-electron chi connectivity index (χ4n) is 2.07. The topological polar surface area (TPSA) is 60.2 Å². The average molecular weight is 396 g/mol. The van der Waals surface area contributed by atoms with Crippen molar-refractivity contribution in [2.75, 3.05) is 12.4 Å². The first-order valence-corrected chi connectivity index (χ1v) is 9.21. The van der Waals surface area contributed by atoms with Crippen molar-refractivity contribution in [3.8, 4) is 11.4 Å². The highest BCUT2D eigenvalue weighted by Gasteiger charge is 2.12. The van der Waals surface area contributed by atoms with Gasteiger partial charge in [0.2, 0.25) is 0 Å². The van der Waals surface area contributed by atoms with Gasteiger partial charge >= 0.3 is 0 Å². The minimum atomic E-state index is -0.648. The fourth-order valence-corrected chi connectivity index (χ4v) is 3.21. The summed E-state index contributed by atoms with van der Waals surface area (Å²) >= 11 is 13.2. The van der Waals surface area contributed by atoms with E-state index in [1.165, 1.54) is 11.8 Å². The van der Waals surface area contributed by atoms with Gasteiger partial charge in [-0.1, -0.05) is 41.0 Å². The molecular formula is C17H15Cl2N3O2S. The van der Waals surface area contributed by atoms with Crippen molar-refractivity contribution in [3.05, 3.63) is 64.9 Å². The maximum atomic E-state index is 10.1. The third-order valence-electron chi connectivity index (χ3n) is 3.26. The number of halogens is 2. The normalized spacial score (nSPS) is 12.1. The number of aromatic nitrogens is 3. The number of benzene rings is 2. The second-order valence-corrected chi connectivity index (χ2v) is 7.05. The lowest BCUT2D eigenvalue weighted by atomic mass is 10.3. The van der Waals surface area contributed by atoms with E-state index in [1.54, 1.807) is 36.7 Å². The molecule has 0 aliphatic heterocycles. The monoisotopic (exact) mass is 395 g/mol. The summed E-state index contributed by atoms with van der Waals surface area (Å²) in [5, 5.41) is 20.1. The number of ether oxygens (including phenoxy) is 1. The van der Waals surface area contributed by atoms with Crippen LogP contribution in [0.15, 0.2) is 60.0 Å². The number of rotatable bonds is 7. The molecule has 0 amide bonds. The molecule has 0 unspecified atom stereocenters. The quantitative estimate of drug-likeness (QED) is 0.610. The number of hydrogen-bond acceptors (Lipinski definition) is 5. The molecule has 0 bridgehead atoms. The summed E-state index contributed by atoms with van der Waals surface area (Å²) < 4.78 is 7.36. The van der Waals surface area contributed by atoms with Crippen molar-refractivity contribution in [3.63, 3.8) is 0 Å². The van der Waals surface area contributed by atoms with Crippen LogP contribution in [-0.2, 0) is 0 Å². The van der Waals surface area contributed by atoms with E-state index in [-0.39, 0.29) is 6.61 Å². The van der Waals surface area contributed by atoms with Crippen LogP contribution in [0.5, 0.6) is 5.75 Å². The first-order valence-electron chi connectivity index (χ1n) is 7.47. The SMILES string of the molecule is O[C@H](COc1ccc(Cl)cc1)CSc1nncn1-c1cccc(Cl)c1. The van der Waals surface area contributed by atoms with Crippen LogP contribution >= 0.6 is 35.0 Å². The van der Waals surface area contributed by atoms with E-state index in [2.05, 4.69) is 10.2 Å². The molecule has 8 heteroatoms. The molecule has 3 rings (SSSR count). The molecule has 0 spiro atoms. The van der Waals surface area contributed by atoms with E-state index in [9.17, 15) is 5.11 Å². The first-order chi connectivity index (χ1) is 12.1.